The highest BCUT2D eigenvalue weighted by atomic mass is 32.2. The number of benzene rings is 2. The number of amides is 1. The third kappa shape index (κ3) is 5.76. The molecule has 2 aromatic carbocycles. The summed E-state index contributed by atoms with van der Waals surface area (Å²) >= 11 is 0. The molecule has 1 amide bonds. The number of ether oxygens (including phenoxy) is 2. The summed E-state index contributed by atoms with van der Waals surface area (Å²) in [5.74, 6) is -1.85. The van der Waals surface area contributed by atoms with E-state index in [4.69, 9.17) is 14.6 Å². The van der Waals surface area contributed by atoms with Gasteiger partial charge in [0.25, 0.3) is 5.91 Å². The van der Waals surface area contributed by atoms with Gasteiger partial charge in [-0.2, -0.15) is 0 Å². The normalized spacial score (nSPS) is 11.0. The van der Waals surface area contributed by atoms with Crippen molar-refractivity contribution in [2.45, 2.75) is 11.3 Å². The van der Waals surface area contributed by atoms with Crippen LogP contribution >= 0.6 is 0 Å². The standard InChI is InChI=1S/C18H19FN2O6S/c1-26-16-7-6-13(28(20,24)25)10-14(16)18(23)27-11-17(22)21-9-8-12-4-2-3-5-15(12)19/h2-7,10H,8-9,11H2,1H3,(H,21,22)(H2,20,24,25). The third-order valence-corrected chi connectivity index (χ3v) is 4.64. The molecule has 0 atom stereocenters. The van der Waals surface area contributed by atoms with Gasteiger partial charge in [0.1, 0.15) is 17.1 Å². The summed E-state index contributed by atoms with van der Waals surface area (Å²) in [6, 6.07) is 9.62. The number of hydrogen-bond donors (Lipinski definition) is 2. The Morgan fingerprint density at radius 2 is 1.89 bits per heavy atom. The van der Waals surface area contributed by atoms with Crippen molar-refractivity contribution in [1.82, 2.24) is 5.32 Å². The average molecular weight is 410 g/mol. The first-order valence-electron chi connectivity index (χ1n) is 8.10. The second kappa shape index (κ2) is 9.29. The van der Waals surface area contributed by atoms with Gasteiger partial charge in [0.2, 0.25) is 10.0 Å². The molecule has 0 saturated heterocycles. The summed E-state index contributed by atoms with van der Waals surface area (Å²) in [5, 5.41) is 7.54. The van der Waals surface area contributed by atoms with Crippen LogP contribution in [0.15, 0.2) is 47.4 Å². The lowest BCUT2D eigenvalue weighted by molar-refractivity contribution is -0.124. The summed E-state index contributed by atoms with van der Waals surface area (Å²) in [6.45, 7) is -0.444. The quantitative estimate of drug-likeness (QED) is 0.626. The van der Waals surface area contributed by atoms with Crippen LogP contribution in [-0.4, -0.2) is 40.6 Å². The summed E-state index contributed by atoms with van der Waals surface area (Å²) in [7, 11) is -2.74. The van der Waals surface area contributed by atoms with Gasteiger partial charge in [0.15, 0.2) is 6.61 Å². The van der Waals surface area contributed by atoms with Crippen molar-refractivity contribution in [2.24, 2.45) is 5.14 Å². The molecule has 0 unspecified atom stereocenters. The molecule has 0 aliphatic rings. The molecule has 0 bridgehead atoms. The van der Waals surface area contributed by atoms with Crippen LogP contribution in [0.3, 0.4) is 0 Å². The molecule has 0 saturated carbocycles. The van der Waals surface area contributed by atoms with Crippen molar-refractivity contribution >= 4 is 21.9 Å². The number of halogens is 1. The maximum atomic E-state index is 13.5. The highest BCUT2D eigenvalue weighted by Crippen LogP contribution is 2.22. The Labute approximate surface area is 161 Å². The summed E-state index contributed by atoms with van der Waals surface area (Å²) in [5.41, 5.74) is 0.262. The van der Waals surface area contributed by atoms with Gasteiger partial charge >= 0.3 is 5.97 Å². The summed E-state index contributed by atoms with van der Waals surface area (Å²) in [4.78, 5) is 23.7. The number of hydrogen-bond acceptors (Lipinski definition) is 6. The molecule has 0 heterocycles. The zero-order chi connectivity index (χ0) is 20.7. The van der Waals surface area contributed by atoms with E-state index in [9.17, 15) is 22.4 Å². The van der Waals surface area contributed by atoms with Crippen molar-refractivity contribution in [2.75, 3.05) is 20.3 Å². The Hall–Kier alpha value is -2.98. The van der Waals surface area contributed by atoms with Gasteiger partial charge in [-0.25, -0.2) is 22.7 Å². The first-order valence-corrected chi connectivity index (χ1v) is 9.65. The van der Waals surface area contributed by atoms with Gasteiger partial charge in [-0.1, -0.05) is 18.2 Å². The minimum absolute atomic E-state index is 0.0670. The van der Waals surface area contributed by atoms with Crippen LogP contribution in [0.25, 0.3) is 0 Å². The molecule has 3 N–H and O–H groups in total. The van der Waals surface area contributed by atoms with Crippen molar-refractivity contribution < 1.29 is 31.9 Å². The van der Waals surface area contributed by atoms with Crippen molar-refractivity contribution in [3.05, 3.63) is 59.4 Å². The second-order valence-electron chi connectivity index (χ2n) is 5.67. The number of methoxy groups -OCH3 is 1. The molecule has 10 heteroatoms. The van der Waals surface area contributed by atoms with E-state index in [1.54, 1.807) is 18.2 Å². The van der Waals surface area contributed by atoms with Gasteiger partial charge in [0, 0.05) is 6.54 Å². The van der Waals surface area contributed by atoms with Crippen molar-refractivity contribution in [3.63, 3.8) is 0 Å². The van der Waals surface area contributed by atoms with Gasteiger partial charge in [-0.15, -0.1) is 0 Å². The number of rotatable bonds is 8. The Kier molecular flexibility index (Phi) is 7.07. The van der Waals surface area contributed by atoms with E-state index in [1.165, 1.54) is 25.3 Å². The fourth-order valence-corrected chi connectivity index (χ4v) is 2.86. The van der Waals surface area contributed by atoms with Crippen molar-refractivity contribution in [3.8, 4) is 5.75 Å². The summed E-state index contributed by atoms with van der Waals surface area (Å²) in [6.07, 6.45) is 0.274. The van der Waals surface area contributed by atoms with E-state index >= 15 is 0 Å². The van der Waals surface area contributed by atoms with E-state index in [2.05, 4.69) is 5.32 Å². The average Bonchev–Trinajstić information content (AvgIpc) is 2.66. The number of sulfonamides is 1. The number of carbonyl (C=O) groups excluding carboxylic acids is 2. The molecule has 8 nitrogen and oxygen atoms in total. The lowest BCUT2D eigenvalue weighted by atomic mass is 10.1. The molecule has 0 aromatic heterocycles. The van der Waals surface area contributed by atoms with E-state index in [1.807, 2.05) is 0 Å². The van der Waals surface area contributed by atoms with Gasteiger partial charge in [-0.3, -0.25) is 4.79 Å². The number of carbonyl (C=O) groups is 2. The highest BCUT2D eigenvalue weighted by Gasteiger charge is 2.19. The molecule has 28 heavy (non-hydrogen) atoms. The molecule has 2 aromatic rings. The van der Waals surface area contributed by atoms with E-state index in [0.717, 1.165) is 6.07 Å². The van der Waals surface area contributed by atoms with Gasteiger partial charge in [-0.05, 0) is 36.2 Å². The lowest BCUT2D eigenvalue weighted by Crippen LogP contribution is -2.30. The van der Waals surface area contributed by atoms with Gasteiger partial charge < -0.3 is 14.8 Å². The Bertz CT molecular complexity index is 978. The Morgan fingerprint density at radius 3 is 2.54 bits per heavy atom. The van der Waals surface area contributed by atoms with Crippen molar-refractivity contribution in [1.29, 1.82) is 0 Å². The topological polar surface area (TPSA) is 125 Å². The maximum Gasteiger partial charge on any atom is 0.342 e. The molecular weight excluding hydrogens is 391 g/mol. The van der Waals surface area contributed by atoms with E-state index in [-0.39, 0.29) is 35.0 Å². The molecule has 0 fully saturated rings. The van der Waals surface area contributed by atoms with Crippen LogP contribution in [0.5, 0.6) is 5.75 Å². The second-order valence-corrected chi connectivity index (χ2v) is 7.24. The van der Waals surface area contributed by atoms with Crippen LogP contribution in [-0.2, 0) is 26.0 Å². The van der Waals surface area contributed by atoms with Crippen LogP contribution < -0.4 is 15.2 Å². The zero-order valence-corrected chi connectivity index (χ0v) is 15.8. The summed E-state index contributed by atoms with van der Waals surface area (Å²) < 4.78 is 46.2. The number of primary sulfonamides is 1. The molecule has 0 aliphatic carbocycles. The minimum Gasteiger partial charge on any atom is -0.496 e. The van der Waals surface area contributed by atoms with Crippen LogP contribution in [0.1, 0.15) is 15.9 Å². The number of nitrogens with one attached hydrogen (secondary N) is 1. The van der Waals surface area contributed by atoms with Crippen LogP contribution in [0.2, 0.25) is 0 Å². The first kappa shape index (κ1) is 21.3. The predicted molar refractivity (Wildman–Crippen MR) is 97.8 cm³/mol. The maximum absolute atomic E-state index is 13.5. The predicted octanol–water partition coefficient (Wildman–Crippen LogP) is 0.997. The molecule has 2 rings (SSSR count). The molecule has 150 valence electrons. The molecule has 0 spiro atoms. The fraction of sp³-hybridized carbons (Fsp3) is 0.222. The smallest absolute Gasteiger partial charge is 0.342 e. The van der Waals surface area contributed by atoms with E-state index < -0.39 is 28.5 Å². The lowest BCUT2D eigenvalue weighted by Gasteiger charge is -2.10. The SMILES string of the molecule is COc1ccc(S(N)(=O)=O)cc1C(=O)OCC(=O)NCCc1ccccc1F. The molecular formula is C18H19FN2O6S. The minimum atomic E-state index is -4.03. The third-order valence-electron chi connectivity index (χ3n) is 3.73. The van der Waals surface area contributed by atoms with Crippen LogP contribution in [0, 0.1) is 5.82 Å². The van der Waals surface area contributed by atoms with Gasteiger partial charge in [0.05, 0.1) is 12.0 Å². The molecule has 0 aliphatic heterocycles. The van der Waals surface area contributed by atoms with E-state index in [0.29, 0.717) is 5.56 Å². The van der Waals surface area contributed by atoms with Crippen LogP contribution in [0.4, 0.5) is 4.39 Å². The highest BCUT2D eigenvalue weighted by molar-refractivity contribution is 7.89. The zero-order valence-electron chi connectivity index (χ0n) is 15.0. The number of nitrogens with two attached hydrogens (primary N) is 1. The monoisotopic (exact) mass is 410 g/mol. The number of esters is 1. The Morgan fingerprint density at radius 1 is 1.18 bits per heavy atom. The first-order chi connectivity index (χ1) is 13.2. The Balaban J connectivity index is 1.92. The fourth-order valence-electron chi connectivity index (χ4n) is 2.32. The largest absolute Gasteiger partial charge is 0.496 e. The molecule has 0 radical (unpaired) electrons.